The summed E-state index contributed by atoms with van der Waals surface area (Å²) < 4.78 is 0. The maximum absolute atomic E-state index is 4.67. The van der Waals surface area contributed by atoms with Crippen LogP contribution in [0.5, 0.6) is 0 Å². The van der Waals surface area contributed by atoms with Gasteiger partial charge in [-0.15, -0.1) is 0 Å². The van der Waals surface area contributed by atoms with E-state index < -0.39 is 0 Å². The Balaban J connectivity index is 2.64. The molecule has 0 aromatic carbocycles. The average Bonchev–Trinajstić information content (AvgIpc) is 2.42. The fourth-order valence-corrected chi connectivity index (χ4v) is 2.24. The van der Waals surface area contributed by atoms with Gasteiger partial charge >= 0.3 is 0 Å². The van der Waals surface area contributed by atoms with Crippen LogP contribution in [0.3, 0.4) is 0 Å². The lowest BCUT2D eigenvalue weighted by Gasteiger charge is -2.25. The first-order valence-corrected chi connectivity index (χ1v) is 8.20. The molecule has 1 N–H and O–H groups in total. The predicted octanol–water partition coefficient (Wildman–Crippen LogP) is 2.55. The summed E-state index contributed by atoms with van der Waals surface area (Å²) in [6.07, 6.45) is 6.98. The van der Waals surface area contributed by atoms with Crippen molar-refractivity contribution in [2.45, 2.75) is 45.8 Å². The second kappa shape index (κ2) is 8.38. The summed E-state index contributed by atoms with van der Waals surface area (Å²) in [5, 5.41) is 3.37. The van der Waals surface area contributed by atoms with Gasteiger partial charge in [-0.1, -0.05) is 13.8 Å². The monoisotopic (exact) mass is 282 g/mol. The van der Waals surface area contributed by atoms with E-state index >= 15 is 0 Å². The van der Waals surface area contributed by atoms with Crippen LogP contribution in [0, 0.1) is 0 Å². The Morgan fingerprint density at radius 2 is 2.05 bits per heavy atom. The lowest BCUT2D eigenvalue weighted by atomic mass is 10.2. The molecule has 0 radical (unpaired) electrons. The summed E-state index contributed by atoms with van der Waals surface area (Å²) in [5.41, 5.74) is 0.995. The smallest absolute Gasteiger partial charge is 0.147 e. The van der Waals surface area contributed by atoms with Gasteiger partial charge in [0.25, 0.3) is 0 Å². The summed E-state index contributed by atoms with van der Waals surface area (Å²) in [7, 11) is 2.09. The molecule has 1 heterocycles. The average molecular weight is 282 g/mol. The number of anilines is 1. The first kappa shape index (κ1) is 16.2. The normalized spacial score (nSPS) is 12.7. The highest BCUT2D eigenvalue weighted by atomic mass is 32.2. The van der Waals surface area contributed by atoms with E-state index in [-0.39, 0.29) is 0 Å². The summed E-state index contributed by atoms with van der Waals surface area (Å²) in [6.45, 7) is 7.27. The zero-order valence-corrected chi connectivity index (χ0v) is 13.5. The Labute approximate surface area is 121 Å². The van der Waals surface area contributed by atoms with E-state index in [1.807, 2.05) is 24.2 Å². The van der Waals surface area contributed by atoms with Gasteiger partial charge in [-0.25, -0.2) is 4.98 Å². The number of aromatic nitrogens is 2. The van der Waals surface area contributed by atoms with Crippen LogP contribution in [0.25, 0.3) is 0 Å². The Hall–Kier alpha value is -0.810. The molecule has 0 aliphatic rings. The highest BCUT2D eigenvalue weighted by molar-refractivity contribution is 7.98. The lowest BCUT2D eigenvalue weighted by Crippen LogP contribution is -2.30. The third-order valence-electron chi connectivity index (χ3n) is 3.13. The molecular weight excluding hydrogens is 256 g/mol. The van der Waals surface area contributed by atoms with Crippen LogP contribution in [0.2, 0.25) is 0 Å². The quantitative estimate of drug-likeness (QED) is 0.793. The first-order chi connectivity index (χ1) is 9.04. The molecule has 1 rings (SSSR count). The van der Waals surface area contributed by atoms with E-state index in [1.54, 1.807) is 0 Å². The van der Waals surface area contributed by atoms with Crippen molar-refractivity contribution in [3.63, 3.8) is 0 Å². The highest BCUT2D eigenvalue weighted by Gasteiger charge is 2.11. The molecule has 0 aliphatic heterocycles. The molecule has 108 valence electrons. The Morgan fingerprint density at radius 1 is 1.32 bits per heavy atom. The molecule has 0 saturated carbocycles. The molecule has 0 spiro atoms. The molecule has 0 aliphatic carbocycles. The minimum Gasteiger partial charge on any atom is -0.356 e. The second-order valence-corrected chi connectivity index (χ2v) is 6.13. The van der Waals surface area contributed by atoms with Gasteiger partial charge in [0.2, 0.25) is 0 Å². The predicted molar refractivity (Wildman–Crippen MR) is 84.9 cm³/mol. The number of nitrogens with zero attached hydrogens (tertiary/aromatic N) is 3. The van der Waals surface area contributed by atoms with Gasteiger partial charge in [0.1, 0.15) is 5.82 Å². The first-order valence-electron chi connectivity index (χ1n) is 6.80. The van der Waals surface area contributed by atoms with Crippen LogP contribution in [0.4, 0.5) is 5.82 Å². The Bertz CT molecular complexity index is 370. The number of rotatable bonds is 8. The van der Waals surface area contributed by atoms with Crippen molar-refractivity contribution in [3.05, 3.63) is 18.1 Å². The Morgan fingerprint density at radius 3 is 2.68 bits per heavy atom. The summed E-state index contributed by atoms with van der Waals surface area (Å²) in [4.78, 5) is 11.2. The number of hydrogen-bond donors (Lipinski definition) is 1. The molecule has 0 amide bonds. The molecule has 0 bridgehead atoms. The molecule has 1 atom stereocenters. The minimum absolute atomic E-state index is 0.462. The van der Waals surface area contributed by atoms with E-state index in [0.717, 1.165) is 24.5 Å². The van der Waals surface area contributed by atoms with Crippen LogP contribution < -0.4 is 10.2 Å². The summed E-state index contributed by atoms with van der Waals surface area (Å²) in [6, 6.07) is 0.943. The minimum atomic E-state index is 0.462. The van der Waals surface area contributed by atoms with Gasteiger partial charge in [0.05, 0.1) is 11.9 Å². The zero-order chi connectivity index (χ0) is 14.3. The number of nitrogens with one attached hydrogen (secondary N) is 1. The van der Waals surface area contributed by atoms with Crippen molar-refractivity contribution < 1.29 is 0 Å². The third kappa shape index (κ3) is 5.78. The molecular formula is C14H26N4S. The van der Waals surface area contributed by atoms with Crippen molar-refractivity contribution in [2.24, 2.45) is 0 Å². The lowest BCUT2D eigenvalue weighted by molar-refractivity contribution is 0.578. The fourth-order valence-electron chi connectivity index (χ4n) is 1.67. The van der Waals surface area contributed by atoms with Gasteiger partial charge < -0.3 is 10.2 Å². The van der Waals surface area contributed by atoms with Crippen LogP contribution in [-0.4, -0.2) is 41.1 Å². The number of thioether (sulfide) groups is 1. The van der Waals surface area contributed by atoms with Crippen LogP contribution in [0.15, 0.2) is 12.4 Å². The van der Waals surface area contributed by atoms with Crippen molar-refractivity contribution in [1.29, 1.82) is 0 Å². The molecule has 0 fully saturated rings. The van der Waals surface area contributed by atoms with Gasteiger partial charge in [0, 0.05) is 31.9 Å². The van der Waals surface area contributed by atoms with E-state index in [4.69, 9.17) is 0 Å². The van der Waals surface area contributed by atoms with Crippen molar-refractivity contribution >= 4 is 17.6 Å². The highest BCUT2D eigenvalue weighted by Crippen LogP contribution is 2.14. The van der Waals surface area contributed by atoms with Crippen LogP contribution in [0.1, 0.15) is 32.9 Å². The van der Waals surface area contributed by atoms with E-state index in [0.29, 0.717) is 12.1 Å². The maximum Gasteiger partial charge on any atom is 0.147 e. The van der Waals surface area contributed by atoms with Crippen molar-refractivity contribution in [2.75, 3.05) is 24.0 Å². The number of hydrogen-bond acceptors (Lipinski definition) is 5. The molecule has 1 unspecified atom stereocenters. The molecule has 19 heavy (non-hydrogen) atoms. The van der Waals surface area contributed by atoms with Gasteiger partial charge in [-0.3, -0.25) is 4.98 Å². The van der Waals surface area contributed by atoms with E-state index in [2.05, 4.69) is 54.3 Å². The molecule has 1 aromatic rings. The summed E-state index contributed by atoms with van der Waals surface area (Å²) in [5.74, 6) is 2.13. The summed E-state index contributed by atoms with van der Waals surface area (Å²) >= 11 is 1.88. The van der Waals surface area contributed by atoms with Crippen LogP contribution in [-0.2, 0) is 6.54 Å². The van der Waals surface area contributed by atoms with E-state index in [9.17, 15) is 0 Å². The fraction of sp³-hybridized carbons (Fsp3) is 0.714. The molecule has 1 aromatic heterocycles. The van der Waals surface area contributed by atoms with Gasteiger partial charge in [0.15, 0.2) is 0 Å². The standard InChI is InChI=1S/C14H26N4S/c1-11(2)16-9-13-8-15-10-14(17-13)18(4)12(3)6-7-19-5/h8,10-12,16H,6-7,9H2,1-5H3. The molecule has 5 heteroatoms. The maximum atomic E-state index is 4.67. The van der Waals surface area contributed by atoms with Crippen molar-refractivity contribution in [1.82, 2.24) is 15.3 Å². The van der Waals surface area contributed by atoms with Crippen molar-refractivity contribution in [3.8, 4) is 0 Å². The third-order valence-corrected chi connectivity index (χ3v) is 3.77. The largest absolute Gasteiger partial charge is 0.356 e. The Kier molecular flexibility index (Phi) is 7.16. The van der Waals surface area contributed by atoms with Crippen LogP contribution >= 0.6 is 11.8 Å². The zero-order valence-electron chi connectivity index (χ0n) is 12.7. The molecule has 4 nitrogen and oxygen atoms in total. The van der Waals surface area contributed by atoms with E-state index in [1.165, 1.54) is 5.75 Å². The van der Waals surface area contributed by atoms with Gasteiger partial charge in [-0.2, -0.15) is 11.8 Å². The SMILES string of the molecule is CSCCC(C)N(C)c1cncc(CNC(C)C)n1. The topological polar surface area (TPSA) is 41.1 Å². The van der Waals surface area contributed by atoms with Gasteiger partial charge in [-0.05, 0) is 25.4 Å². The second-order valence-electron chi connectivity index (χ2n) is 5.15. The molecule has 0 saturated heterocycles.